The summed E-state index contributed by atoms with van der Waals surface area (Å²) in [6.07, 6.45) is 0. The van der Waals surface area contributed by atoms with Gasteiger partial charge in [0.1, 0.15) is 5.75 Å². The number of nitrogens with two attached hydrogens (primary N) is 1. The fourth-order valence-corrected chi connectivity index (χ4v) is 1.91. The van der Waals surface area contributed by atoms with Gasteiger partial charge in [-0.3, -0.25) is 0 Å². The van der Waals surface area contributed by atoms with E-state index in [9.17, 15) is 13.2 Å². The molecule has 1 unspecified atom stereocenters. The molecule has 2 rings (SSSR count). The van der Waals surface area contributed by atoms with Crippen molar-refractivity contribution < 1.29 is 17.9 Å². The molecule has 2 aromatic rings. The molecule has 0 fully saturated rings. The Balaban J connectivity index is 2.35. The van der Waals surface area contributed by atoms with Gasteiger partial charge in [-0.15, -0.1) is 0 Å². The van der Waals surface area contributed by atoms with Crippen molar-refractivity contribution in [1.82, 2.24) is 0 Å². The molecule has 0 amide bonds. The molecular weight excluding hydrogens is 267 g/mol. The zero-order valence-corrected chi connectivity index (χ0v) is 10.9. The Labute approximate surface area is 115 Å². The molecule has 0 radical (unpaired) electrons. The summed E-state index contributed by atoms with van der Waals surface area (Å²) in [6, 6.07) is 7.93. The van der Waals surface area contributed by atoms with E-state index in [1.165, 1.54) is 0 Å². The second-order valence-corrected chi connectivity index (χ2v) is 4.28. The molecular formula is C15H14F3NO. The van der Waals surface area contributed by atoms with Crippen LogP contribution in [-0.2, 0) is 0 Å². The molecule has 0 aliphatic carbocycles. The minimum absolute atomic E-state index is 0.162. The summed E-state index contributed by atoms with van der Waals surface area (Å²) in [5.41, 5.74) is 6.75. The molecule has 2 aromatic carbocycles. The van der Waals surface area contributed by atoms with Gasteiger partial charge < -0.3 is 10.5 Å². The summed E-state index contributed by atoms with van der Waals surface area (Å²) in [4.78, 5) is 0. The molecule has 5 heteroatoms. The Morgan fingerprint density at radius 3 is 2.30 bits per heavy atom. The van der Waals surface area contributed by atoms with Gasteiger partial charge in [-0.2, -0.15) is 0 Å². The van der Waals surface area contributed by atoms with E-state index < -0.39 is 23.5 Å². The van der Waals surface area contributed by atoms with E-state index in [0.29, 0.717) is 17.9 Å². The highest BCUT2D eigenvalue weighted by Crippen LogP contribution is 2.25. The Kier molecular flexibility index (Phi) is 4.29. The molecule has 2 nitrogen and oxygen atoms in total. The molecule has 0 aliphatic heterocycles. The third kappa shape index (κ3) is 2.93. The molecule has 2 N–H and O–H groups in total. The first-order chi connectivity index (χ1) is 9.52. The number of hydrogen-bond donors (Lipinski definition) is 1. The van der Waals surface area contributed by atoms with Crippen molar-refractivity contribution in [1.29, 1.82) is 0 Å². The molecule has 20 heavy (non-hydrogen) atoms. The third-order valence-corrected chi connectivity index (χ3v) is 2.89. The monoisotopic (exact) mass is 281 g/mol. The summed E-state index contributed by atoms with van der Waals surface area (Å²) in [7, 11) is 0. The van der Waals surface area contributed by atoms with Gasteiger partial charge in [-0.05, 0) is 42.3 Å². The Hall–Kier alpha value is -2.01. The van der Waals surface area contributed by atoms with E-state index in [1.807, 2.05) is 6.92 Å². The molecule has 1 atom stereocenters. The molecule has 0 saturated carbocycles. The van der Waals surface area contributed by atoms with Crippen LogP contribution in [0.15, 0.2) is 36.4 Å². The second kappa shape index (κ2) is 5.96. The van der Waals surface area contributed by atoms with E-state index in [4.69, 9.17) is 10.5 Å². The van der Waals surface area contributed by atoms with Crippen LogP contribution in [0.25, 0.3) is 0 Å². The normalized spacial score (nSPS) is 12.2. The zero-order valence-electron chi connectivity index (χ0n) is 10.9. The Bertz CT molecular complexity index is 593. The largest absolute Gasteiger partial charge is 0.494 e. The van der Waals surface area contributed by atoms with Crippen molar-refractivity contribution in [3.05, 3.63) is 65.0 Å². The summed E-state index contributed by atoms with van der Waals surface area (Å²) < 4.78 is 44.7. The van der Waals surface area contributed by atoms with E-state index in [1.54, 1.807) is 24.3 Å². The first-order valence-electron chi connectivity index (χ1n) is 6.15. The first kappa shape index (κ1) is 14.4. The van der Waals surface area contributed by atoms with Crippen LogP contribution < -0.4 is 10.5 Å². The number of ether oxygens (including phenoxy) is 1. The van der Waals surface area contributed by atoms with Crippen LogP contribution >= 0.6 is 0 Å². The fourth-order valence-electron chi connectivity index (χ4n) is 1.91. The highest BCUT2D eigenvalue weighted by Gasteiger charge is 2.16. The molecule has 0 bridgehead atoms. The lowest BCUT2D eigenvalue weighted by molar-refractivity contribution is 0.340. The van der Waals surface area contributed by atoms with E-state index >= 15 is 0 Å². The quantitative estimate of drug-likeness (QED) is 0.870. The average molecular weight is 281 g/mol. The highest BCUT2D eigenvalue weighted by molar-refractivity contribution is 5.36. The van der Waals surface area contributed by atoms with E-state index in [-0.39, 0.29) is 5.56 Å². The van der Waals surface area contributed by atoms with Crippen LogP contribution in [0.1, 0.15) is 24.1 Å². The van der Waals surface area contributed by atoms with Crippen LogP contribution in [-0.4, -0.2) is 6.61 Å². The maximum absolute atomic E-state index is 13.2. The van der Waals surface area contributed by atoms with Gasteiger partial charge in [0.2, 0.25) is 0 Å². The third-order valence-electron chi connectivity index (χ3n) is 2.89. The van der Waals surface area contributed by atoms with Crippen molar-refractivity contribution in [2.75, 3.05) is 6.61 Å². The minimum Gasteiger partial charge on any atom is -0.494 e. The zero-order chi connectivity index (χ0) is 14.7. The summed E-state index contributed by atoms with van der Waals surface area (Å²) in [6.45, 7) is 2.34. The van der Waals surface area contributed by atoms with Crippen molar-refractivity contribution in [2.45, 2.75) is 13.0 Å². The predicted octanol–water partition coefficient (Wildman–Crippen LogP) is 3.55. The number of hydrogen-bond acceptors (Lipinski definition) is 2. The van der Waals surface area contributed by atoms with E-state index in [2.05, 4.69) is 0 Å². The highest BCUT2D eigenvalue weighted by atomic mass is 19.2. The topological polar surface area (TPSA) is 35.2 Å². The lowest BCUT2D eigenvalue weighted by Crippen LogP contribution is -2.13. The molecule has 0 saturated heterocycles. The van der Waals surface area contributed by atoms with Crippen molar-refractivity contribution in [3.8, 4) is 5.75 Å². The van der Waals surface area contributed by atoms with Gasteiger partial charge in [0.25, 0.3) is 0 Å². The predicted molar refractivity (Wildman–Crippen MR) is 70.0 cm³/mol. The Morgan fingerprint density at radius 1 is 1.05 bits per heavy atom. The van der Waals surface area contributed by atoms with Crippen LogP contribution in [0.5, 0.6) is 5.75 Å². The minimum atomic E-state index is -1.50. The van der Waals surface area contributed by atoms with Crippen molar-refractivity contribution >= 4 is 0 Å². The molecule has 0 heterocycles. The lowest BCUT2D eigenvalue weighted by atomic mass is 9.99. The maximum Gasteiger partial charge on any atom is 0.194 e. The number of rotatable bonds is 4. The molecule has 106 valence electrons. The standard InChI is InChI=1S/C15H14F3NO/c1-2-20-11-5-3-4-9(6-11)15(19)10-7-12(16)14(18)13(17)8-10/h3-8,15H,2,19H2,1H3. The fraction of sp³-hybridized carbons (Fsp3) is 0.200. The van der Waals surface area contributed by atoms with Crippen molar-refractivity contribution in [3.63, 3.8) is 0 Å². The number of halogens is 3. The SMILES string of the molecule is CCOc1cccc(C(N)c2cc(F)c(F)c(F)c2)c1. The van der Waals surface area contributed by atoms with Gasteiger partial charge in [-0.25, -0.2) is 13.2 Å². The van der Waals surface area contributed by atoms with Crippen molar-refractivity contribution in [2.24, 2.45) is 5.73 Å². The number of benzene rings is 2. The van der Waals surface area contributed by atoms with Crippen LogP contribution in [0.2, 0.25) is 0 Å². The van der Waals surface area contributed by atoms with Gasteiger partial charge >= 0.3 is 0 Å². The average Bonchev–Trinajstić information content (AvgIpc) is 2.44. The Morgan fingerprint density at radius 2 is 1.70 bits per heavy atom. The van der Waals surface area contributed by atoms with Gasteiger partial charge in [-0.1, -0.05) is 12.1 Å². The molecule has 0 spiro atoms. The van der Waals surface area contributed by atoms with Gasteiger partial charge in [0, 0.05) is 0 Å². The molecule has 0 aromatic heterocycles. The lowest BCUT2D eigenvalue weighted by Gasteiger charge is -2.14. The molecule has 0 aliphatic rings. The second-order valence-electron chi connectivity index (χ2n) is 4.28. The smallest absolute Gasteiger partial charge is 0.194 e. The summed E-state index contributed by atoms with van der Waals surface area (Å²) in [5.74, 6) is -3.39. The first-order valence-corrected chi connectivity index (χ1v) is 6.15. The van der Waals surface area contributed by atoms with Gasteiger partial charge in [0.05, 0.1) is 12.6 Å². The van der Waals surface area contributed by atoms with Gasteiger partial charge in [0.15, 0.2) is 17.5 Å². The summed E-state index contributed by atoms with van der Waals surface area (Å²) in [5, 5.41) is 0. The van der Waals surface area contributed by atoms with Crippen LogP contribution in [0, 0.1) is 17.5 Å². The summed E-state index contributed by atoms with van der Waals surface area (Å²) >= 11 is 0. The maximum atomic E-state index is 13.2. The van der Waals surface area contributed by atoms with Crippen LogP contribution in [0.4, 0.5) is 13.2 Å². The van der Waals surface area contributed by atoms with E-state index in [0.717, 1.165) is 12.1 Å². The van der Waals surface area contributed by atoms with Crippen LogP contribution in [0.3, 0.4) is 0 Å².